The maximum absolute atomic E-state index is 9.48. The largest absolute Gasteiger partial charge is 0.366 e. The Hall–Kier alpha value is -3.76. The minimum Gasteiger partial charge on any atom is -0.366 e. The number of rotatable bonds is 6. The first-order chi connectivity index (χ1) is 12.8. The molecule has 0 radical (unpaired) electrons. The number of hydrogen-bond donors (Lipinski definition) is 2. The van der Waals surface area contributed by atoms with Gasteiger partial charge in [0.1, 0.15) is 12.1 Å². The van der Waals surface area contributed by atoms with Crippen molar-refractivity contribution in [1.82, 2.24) is 0 Å². The summed E-state index contributed by atoms with van der Waals surface area (Å²) in [5.74, 6) is 0. The summed E-state index contributed by atoms with van der Waals surface area (Å²) in [6.45, 7) is 0. The van der Waals surface area contributed by atoms with Crippen LogP contribution in [0.4, 0.5) is 11.4 Å². The molecule has 0 amide bonds. The lowest BCUT2D eigenvalue weighted by Crippen LogP contribution is -2.10. The molecule has 126 valence electrons. The van der Waals surface area contributed by atoms with Crippen molar-refractivity contribution in [3.63, 3.8) is 0 Å². The van der Waals surface area contributed by atoms with Crippen molar-refractivity contribution < 1.29 is 0 Å². The fraction of sp³-hybridized carbons (Fsp3) is 0.0909. The SMILES string of the molecule is N#CC(Nc1ccccc1)c1ccc(C(C#N)Nc2ccccc2)cc1. The standard InChI is InChI=1S/C22H18N4/c23-15-21(25-19-7-3-1-4-8-19)17-11-13-18(14-12-17)22(16-24)26-20-9-5-2-6-10-20/h1-14,21-22,25-26H. The number of nitriles is 2. The fourth-order valence-corrected chi connectivity index (χ4v) is 2.66. The molecular weight excluding hydrogens is 320 g/mol. The van der Waals surface area contributed by atoms with Crippen LogP contribution in [0.3, 0.4) is 0 Å². The van der Waals surface area contributed by atoms with Crippen LogP contribution in [0.15, 0.2) is 84.9 Å². The highest BCUT2D eigenvalue weighted by Crippen LogP contribution is 2.23. The van der Waals surface area contributed by atoms with Crippen molar-refractivity contribution in [3.05, 3.63) is 96.1 Å². The minimum absolute atomic E-state index is 0.450. The number of anilines is 2. The van der Waals surface area contributed by atoms with Gasteiger partial charge in [-0.1, -0.05) is 60.7 Å². The third-order valence-corrected chi connectivity index (χ3v) is 4.03. The molecule has 2 unspecified atom stereocenters. The highest BCUT2D eigenvalue weighted by Gasteiger charge is 2.13. The highest BCUT2D eigenvalue weighted by molar-refractivity contribution is 5.49. The molecule has 0 spiro atoms. The van der Waals surface area contributed by atoms with Crippen molar-refractivity contribution in [2.75, 3.05) is 10.6 Å². The maximum Gasteiger partial charge on any atom is 0.140 e. The second-order valence-electron chi connectivity index (χ2n) is 5.81. The number of nitrogens with one attached hydrogen (secondary N) is 2. The van der Waals surface area contributed by atoms with E-state index in [1.54, 1.807) is 0 Å². The molecule has 0 fully saturated rings. The van der Waals surface area contributed by atoms with Gasteiger partial charge in [0.2, 0.25) is 0 Å². The van der Waals surface area contributed by atoms with Crippen LogP contribution in [0, 0.1) is 22.7 Å². The molecule has 4 heteroatoms. The molecular formula is C22H18N4. The topological polar surface area (TPSA) is 71.6 Å². The van der Waals surface area contributed by atoms with Crippen LogP contribution in [0.1, 0.15) is 23.2 Å². The molecule has 0 saturated carbocycles. The number of hydrogen-bond acceptors (Lipinski definition) is 4. The Morgan fingerprint density at radius 3 is 1.19 bits per heavy atom. The zero-order valence-electron chi connectivity index (χ0n) is 14.1. The van der Waals surface area contributed by atoms with Crippen molar-refractivity contribution in [2.24, 2.45) is 0 Å². The molecule has 2 N–H and O–H groups in total. The van der Waals surface area contributed by atoms with Crippen LogP contribution < -0.4 is 10.6 Å². The molecule has 0 aromatic heterocycles. The van der Waals surface area contributed by atoms with Crippen LogP contribution in [0.2, 0.25) is 0 Å². The molecule has 26 heavy (non-hydrogen) atoms. The van der Waals surface area contributed by atoms with E-state index in [-0.39, 0.29) is 0 Å². The van der Waals surface area contributed by atoms with Crippen molar-refractivity contribution in [3.8, 4) is 12.1 Å². The molecule has 0 aliphatic carbocycles. The van der Waals surface area contributed by atoms with Gasteiger partial charge in [0.15, 0.2) is 0 Å². The quantitative estimate of drug-likeness (QED) is 0.660. The van der Waals surface area contributed by atoms with Crippen LogP contribution in [-0.2, 0) is 0 Å². The molecule has 0 aliphatic heterocycles. The normalized spacial score (nSPS) is 12.2. The van der Waals surface area contributed by atoms with Gasteiger partial charge in [-0.3, -0.25) is 0 Å². The molecule has 0 saturated heterocycles. The van der Waals surface area contributed by atoms with Gasteiger partial charge >= 0.3 is 0 Å². The third-order valence-electron chi connectivity index (χ3n) is 4.03. The highest BCUT2D eigenvalue weighted by atomic mass is 14.9. The third kappa shape index (κ3) is 4.20. The summed E-state index contributed by atoms with van der Waals surface area (Å²) >= 11 is 0. The fourth-order valence-electron chi connectivity index (χ4n) is 2.66. The zero-order valence-corrected chi connectivity index (χ0v) is 14.1. The zero-order chi connectivity index (χ0) is 18.2. The van der Waals surface area contributed by atoms with E-state index in [1.165, 1.54) is 0 Å². The first kappa shape index (κ1) is 17.1. The smallest absolute Gasteiger partial charge is 0.140 e. The lowest BCUT2D eigenvalue weighted by molar-refractivity contribution is 0.970. The Kier molecular flexibility index (Phi) is 5.50. The van der Waals surface area contributed by atoms with Crippen molar-refractivity contribution in [1.29, 1.82) is 10.5 Å². The summed E-state index contributed by atoms with van der Waals surface area (Å²) in [5.41, 5.74) is 3.50. The van der Waals surface area contributed by atoms with E-state index in [2.05, 4.69) is 22.8 Å². The molecule has 3 aromatic carbocycles. The molecule has 0 bridgehead atoms. The van der Waals surface area contributed by atoms with Gasteiger partial charge in [-0.15, -0.1) is 0 Å². The van der Waals surface area contributed by atoms with Gasteiger partial charge in [-0.25, -0.2) is 0 Å². The van der Waals surface area contributed by atoms with Gasteiger partial charge in [-0.05, 0) is 35.4 Å². The van der Waals surface area contributed by atoms with E-state index < -0.39 is 12.1 Å². The van der Waals surface area contributed by atoms with E-state index in [4.69, 9.17) is 0 Å². The molecule has 4 nitrogen and oxygen atoms in total. The van der Waals surface area contributed by atoms with Crippen LogP contribution in [0.5, 0.6) is 0 Å². The molecule has 3 aromatic rings. The number of para-hydroxylation sites is 2. The van der Waals surface area contributed by atoms with Gasteiger partial charge in [0, 0.05) is 11.4 Å². The summed E-state index contributed by atoms with van der Waals surface area (Å²) < 4.78 is 0. The van der Waals surface area contributed by atoms with Crippen LogP contribution >= 0.6 is 0 Å². The second kappa shape index (κ2) is 8.37. The molecule has 3 rings (SSSR count). The lowest BCUT2D eigenvalue weighted by atomic mass is 10.0. The summed E-state index contributed by atoms with van der Waals surface area (Å²) in [6, 6.07) is 30.5. The summed E-state index contributed by atoms with van der Waals surface area (Å²) in [4.78, 5) is 0. The Morgan fingerprint density at radius 1 is 0.538 bits per heavy atom. The van der Waals surface area contributed by atoms with E-state index in [0.29, 0.717) is 0 Å². The average Bonchev–Trinajstić information content (AvgIpc) is 2.72. The lowest BCUT2D eigenvalue weighted by Gasteiger charge is -2.16. The van der Waals surface area contributed by atoms with Gasteiger partial charge in [0.05, 0.1) is 12.1 Å². The van der Waals surface area contributed by atoms with Crippen molar-refractivity contribution in [2.45, 2.75) is 12.1 Å². The molecule has 0 heterocycles. The van der Waals surface area contributed by atoms with Crippen LogP contribution in [0.25, 0.3) is 0 Å². The molecule has 0 aliphatic rings. The first-order valence-corrected chi connectivity index (χ1v) is 8.32. The van der Waals surface area contributed by atoms with Crippen molar-refractivity contribution >= 4 is 11.4 Å². The van der Waals surface area contributed by atoms with Gasteiger partial charge in [0.25, 0.3) is 0 Å². The summed E-state index contributed by atoms with van der Waals surface area (Å²) in [6.07, 6.45) is 0. The monoisotopic (exact) mass is 338 g/mol. The van der Waals surface area contributed by atoms with Gasteiger partial charge in [-0.2, -0.15) is 10.5 Å². The average molecular weight is 338 g/mol. The Bertz CT molecular complexity index is 828. The second-order valence-corrected chi connectivity index (χ2v) is 5.81. The Balaban J connectivity index is 1.74. The van der Waals surface area contributed by atoms with E-state index in [9.17, 15) is 10.5 Å². The summed E-state index contributed by atoms with van der Waals surface area (Å²) in [5, 5.41) is 25.4. The predicted octanol–water partition coefficient (Wildman–Crippen LogP) is 5.04. The van der Waals surface area contributed by atoms with E-state index >= 15 is 0 Å². The predicted molar refractivity (Wildman–Crippen MR) is 103 cm³/mol. The van der Waals surface area contributed by atoms with Crippen LogP contribution in [-0.4, -0.2) is 0 Å². The minimum atomic E-state index is -0.450. The van der Waals surface area contributed by atoms with E-state index in [0.717, 1.165) is 22.5 Å². The summed E-state index contributed by atoms with van der Waals surface area (Å²) in [7, 11) is 0. The Labute approximate surface area is 153 Å². The molecule has 2 atom stereocenters. The van der Waals surface area contributed by atoms with Gasteiger partial charge < -0.3 is 10.6 Å². The maximum atomic E-state index is 9.48. The van der Waals surface area contributed by atoms with E-state index in [1.807, 2.05) is 84.9 Å². The Morgan fingerprint density at radius 2 is 0.885 bits per heavy atom. The first-order valence-electron chi connectivity index (χ1n) is 8.32. The number of benzene rings is 3. The number of nitrogens with zero attached hydrogens (tertiary/aromatic N) is 2.